The van der Waals surface area contributed by atoms with Gasteiger partial charge in [-0.3, -0.25) is 0 Å². The number of aryl methyl sites for hydroxylation is 1. The van der Waals surface area contributed by atoms with Gasteiger partial charge in [-0.25, -0.2) is 13.1 Å². The van der Waals surface area contributed by atoms with Crippen molar-refractivity contribution in [3.8, 4) is 0 Å². The molecule has 18 heavy (non-hydrogen) atoms. The van der Waals surface area contributed by atoms with Crippen LogP contribution in [-0.4, -0.2) is 25.5 Å². The smallest absolute Gasteiger partial charge is 0.211 e. The fourth-order valence-electron chi connectivity index (χ4n) is 1.80. The van der Waals surface area contributed by atoms with Gasteiger partial charge in [0.15, 0.2) is 0 Å². The molecule has 1 fully saturated rings. The molecule has 100 valence electrons. The SMILES string of the molecule is O=S(=O)(CCc1ccccc1)NCC(Br)C1CC1. The Morgan fingerprint density at radius 1 is 1.28 bits per heavy atom. The minimum atomic E-state index is -3.16. The van der Waals surface area contributed by atoms with E-state index in [0.29, 0.717) is 18.9 Å². The summed E-state index contributed by atoms with van der Waals surface area (Å²) in [7, 11) is -3.16. The summed E-state index contributed by atoms with van der Waals surface area (Å²) in [4.78, 5) is 0.281. The third kappa shape index (κ3) is 4.71. The number of halogens is 1. The lowest BCUT2D eigenvalue weighted by atomic mass is 10.2. The number of alkyl halides is 1. The molecule has 0 spiro atoms. The fourth-order valence-corrected chi connectivity index (χ4v) is 3.79. The minimum Gasteiger partial charge on any atom is -0.214 e. The summed E-state index contributed by atoms with van der Waals surface area (Å²) in [6.45, 7) is 0.502. The van der Waals surface area contributed by atoms with Gasteiger partial charge in [0.05, 0.1) is 5.75 Å². The first-order valence-corrected chi connectivity index (χ1v) is 8.79. The Hall–Kier alpha value is -0.390. The Balaban J connectivity index is 1.76. The van der Waals surface area contributed by atoms with Crippen molar-refractivity contribution in [2.75, 3.05) is 12.3 Å². The van der Waals surface area contributed by atoms with Crippen molar-refractivity contribution in [1.82, 2.24) is 4.72 Å². The van der Waals surface area contributed by atoms with E-state index in [9.17, 15) is 8.42 Å². The van der Waals surface area contributed by atoms with E-state index in [4.69, 9.17) is 0 Å². The van der Waals surface area contributed by atoms with Crippen LogP contribution < -0.4 is 4.72 Å². The normalized spacial score (nSPS) is 17.6. The predicted octanol–water partition coefficient (Wildman–Crippen LogP) is 2.32. The Morgan fingerprint density at radius 3 is 2.56 bits per heavy atom. The number of nitrogens with one attached hydrogen (secondary N) is 1. The number of sulfonamides is 1. The van der Waals surface area contributed by atoms with Crippen LogP contribution in [0.4, 0.5) is 0 Å². The number of rotatable bonds is 7. The molecule has 1 unspecified atom stereocenters. The first kappa shape index (κ1) is 14.0. The highest BCUT2D eigenvalue weighted by molar-refractivity contribution is 9.09. The second-order valence-corrected chi connectivity index (χ2v) is 7.86. The fraction of sp³-hybridized carbons (Fsp3) is 0.538. The van der Waals surface area contributed by atoms with Gasteiger partial charge in [0.25, 0.3) is 0 Å². The Bertz CT molecular complexity index is 471. The number of benzene rings is 1. The van der Waals surface area contributed by atoms with Gasteiger partial charge in [-0.2, -0.15) is 0 Å². The molecule has 0 heterocycles. The van der Waals surface area contributed by atoms with Crippen molar-refractivity contribution < 1.29 is 8.42 Å². The molecule has 1 aliphatic rings. The second kappa shape index (κ2) is 6.17. The summed E-state index contributed by atoms with van der Waals surface area (Å²) in [6.07, 6.45) is 2.98. The Kier molecular flexibility index (Phi) is 4.81. The Labute approximate surface area is 117 Å². The molecule has 2 rings (SSSR count). The van der Waals surface area contributed by atoms with E-state index in [0.717, 1.165) is 5.56 Å². The maximum absolute atomic E-state index is 11.8. The number of hydrogen-bond donors (Lipinski definition) is 1. The van der Waals surface area contributed by atoms with Gasteiger partial charge in [-0.15, -0.1) is 0 Å². The lowest BCUT2D eigenvalue weighted by Crippen LogP contribution is -2.32. The second-order valence-electron chi connectivity index (χ2n) is 4.76. The lowest BCUT2D eigenvalue weighted by molar-refractivity contribution is 0.577. The zero-order chi connectivity index (χ0) is 13.0. The molecule has 0 aliphatic heterocycles. The molecule has 1 saturated carbocycles. The molecule has 0 aromatic heterocycles. The summed E-state index contributed by atoms with van der Waals surface area (Å²) in [5.41, 5.74) is 1.06. The van der Waals surface area contributed by atoms with Crippen LogP contribution in [0.3, 0.4) is 0 Å². The summed E-state index contributed by atoms with van der Waals surface area (Å²) >= 11 is 3.53. The van der Waals surface area contributed by atoms with Gasteiger partial charge in [-0.1, -0.05) is 46.3 Å². The predicted molar refractivity (Wildman–Crippen MR) is 77.4 cm³/mol. The largest absolute Gasteiger partial charge is 0.214 e. The van der Waals surface area contributed by atoms with Crippen molar-refractivity contribution in [2.24, 2.45) is 5.92 Å². The van der Waals surface area contributed by atoms with Crippen LogP contribution in [-0.2, 0) is 16.4 Å². The van der Waals surface area contributed by atoms with E-state index >= 15 is 0 Å². The average molecular weight is 332 g/mol. The molecule has 5 heteroatoms. The first-order chi connectivity index (χ1) is 8.57. The molecule has 0 saturated heterocycles. The summed E-state index contributed by atoms with van der Waals surface area (Å²) in [5, 5.41) is 0. The molecule has 0 bridgehead atoms. The van der Waals surface area contributed by atoms with E-state index in [2.05, 4.69) is 20.7 Å². The zero-order valence-electron chi connectivity index (χ0n) is 10.2. The maximum Gasteiger partial charge on any atom is 0.211 e. The molecule has 1 aromatic carbocycles. The van der Waals surface area contributed by atoms with Gasteiger partial charge in [0, 0.05) is 11.4 Å². The molecule has 3 nitrogen and oxygen atoms in total. The molecule has 1 aromatic rings. The average Bonchev–Trinajstić information content (AvgIpc) is 3.19. The Morgan fingerprint density at radius 2 is 1.94 bits per heavy atom. The standard InChI is InChI=1S/C13H18BrNO2S/c14-13(12-6-7-12)10-15-18(16,17)9-8-11-4-2-1-3-5-11/h1-5,12-13,15H,6-10H2. The van der Waals surface area contributed by atoms with Crippen molar-refractivity contribution >= 4 is 26.0 Å². The van der Waals surface area contributed by atoms with Gasteiger partial charge in [-0.05, 0) is 30.7 Å². The van der Waals surface area contributed by atoms with Crippen LogP contribution in [0.15, 0.2) is 30.3 Å². The van der Waals surface area contributed by atoms with E-state index in [1.54, 1.807) is 0 Å². The first-order valence-electron chi connectivity index (χ1n) is 6.22. The van der Waals surface area contributed by atoms with Crippen LogP contribution in [0, 0.1) is 5.92 Å². The third-order valence-electron chi connectivity index (χ3n) is 3.13. The van der Waals surface area contributed by atoms with Crippen molar-refractivity contribution in [1.29, 1.82) is 0 Å². The summed E-state index contributed by atoms with van der Waals surface area (Å²) in [5.74, 6) is 0.809. The lowest BCUT2D eigenvalue weighted by Gasteiger charge is -2.10. The van der Waals surface area contributed by atoms with Gasteiger partial charge in [0.1, 0.15) is 0 Å². The highest BCUT2D eigenvalue weighted by atomic mass is 79.9. The van der Waals surface area contributed by atoms with Crippen molar-refractivity contribution in [2.45, 2.75) is 24.1 Å². The minimum absolute atomic E-state index is 0.154. The molecule has 1 atom stereocenters. The molecule has 1 N–H and O–H groups in total. The van der Waals surface area contributed by atoms with Gasteiger partial charge >= 0.3 is 0 Å². The van der Waals surface area contributed by atoms with Crippen LogP contribution in [0.1, 0.15) is 18.4 Å². The number of hydrogen-bond acceptors (Lipinski definition) is 2. The van der Waals surface area contributed by atoms with Crippen molar-refractivity contribution in [3.63, 3.8) is 0 Å². The van der Waals surface area contributed by atoms with Crippen LogP contribution in [0.25, 0.3) is 0 Å². The van der Waals surface area contributed by atoms with Crippen LogP contribution in [0.2, 0.25) is 0 Å². The summed E-state index contributed by atoms with van der Waals surface area (Å²) in [6, 6.07) is 9.69. The molecule has 0 amide bonds. The third-order valence-corrected chi connectivity index (χ3v) is 5.55. The van der Waals surface area contributed by atoms with Gasteiger partial charge in [0.2, 0.25) is 10.0 Å². The van der Waals surface area contributed by atoms with E-state index in [-0.39, 0.29) is 10.6 Å². The van der Waals surface area contributed by atoms with E-state index < -0.39 is 10.0 Å². The molecular formula is C13H18BrNO2S. The highest BCUT2D eigenvalue weighted by Crippen LogP contribution is 2.36. The highest BCUT2D eigenvalue weighted by Gasteiger charge is 2.29. The molecule has 0 radical (unpaired) electrons. The van der Waals surface area contributed by atoms with Crippen LogP contribution >= 0.6 is 15.9 Å². The zero-order valence-corrected chi connectivity index (χ0v) is 12.6. The summed E-state index contributed by atoms with van der Waals surface area (Å²) < 4.78 is 26.3. The monoisotopic (exact) mass is 331 g/mol. The topological polar surface area (TPSA) is 46.2 Å². The molecule has 1 aliphatic carbocycles. The van der Waals surface area contributed by atoms with Gasteiger partial charge < -0.3 is 0 Å². The van der Waals surface area contributed by atoms with Crippen LogP contribution in [0.5, 0.6) is 0 Å². The molecular weight excluding hydrogens is 314 g/mol. The van der Waals surface area contributed by atoms with Crippen molar-refractivity contribution in [3.05, 3.63) is 35.9 Å². The van der Waals surface area contributed by atoms with E-state index in [1.165, 1.54) is 12.8 Å². The maximum atomic E-state index is 11.8. The van der Waals surface area contributed by atoms with E-state index in [1.807, 2.05) is 30.3 Å². The quantitative estimate of drug-likeness (QED) is 0.779.